The highest BCUT2D eigenvalue weighted by Crippen LogP contribution is 2.54. The largest absolute Gasteiger partial charge is 0.508 e. The molecule has 0 radical (unpaired) electrons. The second-order valence-electron chi connectivity index (χ2n) is 14.2. The zero-order valence-electron chi connectivity index (χ0n) is 42.7. The van der Waals surface area contributed by atoms with Crippen LogP contribution in [0.15, 0.2) is 139 Å². The predicted octanol–water partition coefficient (Wildman–Crippen LogP) is 14.7. The average molecular weight is 903 g/mol. The molecule has 0 saturated heterocycles. The van der Waals surface area contributed by atoms with E-state index in [2.05, 4.69) is 84.5 Å². The number of aromatic hydroxyl groups is 1. The molecule has 1 aliphatic carbocycles. The van der Waals surface area contributed by atoms with Gasteiger partial charge in [0.25, 0.3) is 0 Å². The summed E-state index contributed by atoms with van der Waals surface area (Å²) in [6.07, 6.45) is 7.45. The van der Waals surface area contributed by atoms with E-state index in [-0.39, 0.29) is 11.2 Å². The van der Waals surface area contributed by atoms with Gasteiger partial charge in [0.1, 0.15) is 17.2 Å². The van der Waals surface area contributed by atoms with E-state index in [4.69, 9.17) is 26.0 Å². The number of nitrogens with two attached hydrogens (primary N) is 2. The fourth-order valence-electron chi connectivity index (χ4n) is 7.05. The fourth-order valence-corrected chi connectivity index (χ4v) is 7.05. The van der Waals surface area contributed by atoms with Crippen LogP contribution in [0.4, 0.5) is 11.4 Å². The lowest BCUT2D eigenvalue weighted by molar-refractivity contribution is 0.412. The lowest BCUT2D eigenvalue weighted by Gasteiger charge is -2.32. The number of anilines is 2. The van der Waals surface area contributed by atoms with Crippen molar-refractivity contribution in [1.29, 1.82) is 0 Å². The highest BCUT2D eigenvalue weighted by molar-refractivity contribution is 5.83. The first kappa shape index (κ1) is 57.9. The third-order valence-electron chi connectivity index (χ3n) is 10.0. The Kier molecular flexibility index (Phi) is 28.9. The first-order chi connectivity index (χ1) is 32.7. The third kappa shape index (κ3) is 18.4. The molecule has 1 aliphatic rings. The summed E-state index contributed by atoms with van der Waals surface area (Å²) >= 11 is 0. The number of hydrogen-bond donors (Lipinski definition) is 4. The predicted molar refractivity (Wildman–Crippen MR) is 290 cm³/mol. The molecule has 0 spiro atoms. The summed E-state index contributed by atoms with van der Waals surface area (Å²) in [5.74, 6) is 15.3. The van der Waals surface area contributed by atoms with Crippen molar-refractivity contribution in [1.82, 2.24) is 5.43 Å². The van der Waals surface area contributed by atoms with Crippen molar-refractivity contribution in [2.75, 3.05) is 32.7 Å². The summed E-state index contributed by atoms with van der Waals surface area (Å²) in [5, 5.41) is 12.7. The van der Waals surface area contributed by atoms with Crippen molar-refractivity contribution in [2.45, 2.75) is 107 Å². The Labute approximate surface area is 405 Å². The minimum absolute atomic E-state index is 0.0206. The van der Waals surface area contributed by atoms with Gasteiger partial charge in [0.15, 0.2) is 0 Å². The second kappa shape index (κ2) is 33.4. The summed E-state index contributed by atoms with van der Waals surface area (Å²) in [4.78, 5) is 0. The molecule has 356 valence electrons. The van der Waals surface area contributed by atoms with Gasteiger partial charge in [-0.1, -0.05) is 124 Å². The maximum Gasteiger partial charge on any atom is 0.119 e. The number of hydrazone groups is 1. The molecule has 0 bridgehead atoms. The van der Waals surface area contributed by atoms with Gasteiger partial charge in [-0.05, 0) is 162 Å². The number of hydrogen-bond acceptors (Lipinski definition) is 7. The molecule has 0 heterocycles. The number of benzene rings is 6. The Balaban J connectivity index is 0.000000631. The molecule has 7 heteroatoms. The number of ether oxygens (including phenoxy) is 2. The van der Waals surface area contributed by atoms with Gasteiger partial charge in [0.05, 0.1) is 20.4 Å². The van der Waals surface area contributed by atoms with E-state index in [0.717, 1.165) is 70.0 Å². The molecule has 7 nitrogen and oxygen atoms in total. The standard InChI is InChI=1S/C36H34N2.C9H12N2O.C7H8O2.4C2H6/c1-3-5-23-36(22-4-2)34-24-28(8-6-26-10-16-30(37)17-11-26)14-20-32(34)33-21-15-29(25-35(33)36)9-7-27-12-18-31(38)19-13-27;1-10-11-7-8-3-5-9(12-2)6-4-8;1-9-7-4-2-6(8)3-5-7;4*1-2/h10-21,24-25H,3-5,22-23,37-38H2,1-2H3;3-7,10H,1-2H3;2-5,8H,1H3;4*1-2H3/b;11-7+;;;;;. The number of nitrogens with zero attached hydrogens (tertiary/aromatic N) is 1. The van der Waals surface area contributed by atoms with Crippen LogP contribution in [-0.2, 0) is 5.41 Å². The number of methoxy groups -OCH3 is 2. The van der Waals surface area contributed by atoms with Crippen molar-refractivity contribution in [2.24, 2.45) is 5.10 Å². The molecule has 6 aromatic rings. The number of nitrogen functional groups attached to an aromatic ring is 2. The lowest BCUT2D eigenvalue weighted by atomic mass is 9.71. The zero-order chi connectivity index (χ0) is 50.0. The summed E-state index contributed by atoms with van der Waals surface area (Å²) in [6.45, 7) is 20.6. The van der Waals surface area contributed by atoms with Crippen LogP contribution >= 0.6 is 0 Å². The average Bonchev–Trinajstić information content (AvgIpc) is 3.65. The van der Waals surface area contributed by atoms with Crippen LogP contribution in [0.1, 0.15) is 140 Å². The molecule has 0 aromatic heterocycles. The Bertz CT molecular complexity index is 2300. The first-order valence-electron chi connectivity index (χ1n) is 23.9. The number of nitrogens with one attached hydrogen (secondary N) is 1. The van der Waals surface area contributed by atoms with E-state index in [1.807, 2.05) is 128 Å². The summed E-state index contributed by atoms with van der Waals surface area (Å²) in [6, 6.07) is 43.3. The molecule has 6 aromatic carbocycles. The first-order valence-corrected chi connectivity index (χ1v) is 23.9. The zero-order valence-corrected chi connectivity index (χ0v) is 42.7. The van der Waals surface area contributed by atoms with Crippen LogP contribution in [0.25, 0.3) is 11.1 Å². The smallest absolute Gasteiger partial charge is 0.119 e. The Morgan fingerprint density at radius 1 is 0.537 bits per heavy atom. The van der Waals surface area contributed by atoms with Gasteiger partial charge in [0, 0.05) is 46.1 Å². The summed E-state index contributed by atoms with van der Waals surface area (Å²) in [5.41, 5.74) is 26.4. The van der Waals surface area contributed by atoms with Crippen LogP contribution in [0.2, 0.25) is 0 Å². The number of phenols is 1. The lowest BCUT2D eigenvalue weighted by Crippen LogP contribution is -2.25. The van der Waals surface area contributed by atoms with Crippen LogP contribution in [-0.4, -0.2) is 32.6 Å². The minimum atomic E-state index is -0.0206. The maximum absolute atomic E-state index is 8.80. The molecule has 7 rings (SSSR count). The van der Waals surface area contributed by atoms with E-state index in [1.165, 1.54) is 35.1 Å². The maximum atomic E-state index is 8.80. The van der Waals surface area contributed by atoms with Gasteiger partial charge in [-0.2, -0.15) is 5.10 Å². The van der Waals surface area contributed by atoms with Gasteiger partial charge < -0.3 is 31.5 Å². The molecule has 6 N–H and O–H groups in total. The van der Waals surface area contributed by atoms with E-state index >= 15 is 0 Å². The topological polar surface area (TPSA) is 115 Å². The van der Waals surface area contributed by atoms with E-state index < -0.39 is 0 Å². The molecule has 0 atom stereocenters. The van der Waals surface area contributed by atoms with E-state index in [0.29, 0.717) is 0 Å². The molecular formula is C60H78N4O3. The normalized spacial score (nSPS) is 10.5. The molecule has 0 saturated carbocycles. The third-order valence-corrected chi connectivity index (χ3v) is 10.0. The number of phenolic OH excluding ortho intramolecular Hbond substituents is 1. The van der Waals surface area contributed by atoms with Crippen molar-refractivity contribution < 1.29 is 14.6 Å². The van der Waals surface area contributed by atoms with Crippen molar-refractivity contribution in [3.8, 4) is 52.1 Å². The van der Waals surface area contributed by atoms with Crippen LogP contribution in [0.5, 0.6) is 17.2 Å². The second-order valence-corrected chi connectivity index (χ2v) is 14.2. The van der Waals surface area contributed by atoms with Crippen LogP contribution in [0, 0.1) is 23.7 Å². The number of unbranched alkanes of at least 4 members (excludes halogenated alkanes) is 1. The van der Waals surface area contributed by atoms with E-state index in [1.54, 1.807) is 51.7 Å². The van der Waals surface area contributed by atoms with Crippen molar-refractivity contribution in [3.63, 3.8) is 0 Å². The van der Waals surface area contributed by atoms with E-state index in [9.17, 15) is 0 Å². The van der Waals surface area contributed by atoms with Crippen LogP contribution < -0.4 is 26.4 Å². The Morgan fingerprint density at radius 2 is 0.925 bits per heavy atom. The van der Waals surface area contributed by atoms with Gasteiger partial charge >= 0.3 is 0 Å². The van der Waals surface area contributed by atoms with Gasteiger partial charge in [-0.15, -0.1) is 0 Å². The summed E-state index contributed by atoms with van der Waals surface area (Å²) in [7, 11) is 5.00. The molecule has 0 amide bonds. The molecule has 0 unspecified atom stereocenters. The van der Waals surface area contributed by atoms with Gasteiger partial charge in [0.2, 0.25) is 0 Å². The monoisotopic (exact) mass is 903 g/mol. The van der Waals surface area contributed by atoms with Crippen LogP contribution in [0.3, 0.4) is 0 Å². The number of rotatable bonds is 9. The minimum Gasteiger partial charge on any atom is -0.508 e. The van der Waals surface area contributed by atoms with Crippen molar-refractivity contribution >= 4 is 17.6 Å². The fraction of sp³-hybridized carbons (Fsp3) is 0.317. The highest BCUT2D eigenvalue weighted by Gasteiger charge is 2.42. The molecule has 0 fully saturated rings. The molecular weight excluding hydrogens is 825 g/mol. The van der Waals surface area contributed by atoms with Crippen molar-refractivity contribution in [3.05, 3.63) is 172 Å². The SMILES string of the molecule is CC.CC.CC.CC.CCCCC1(CCC)c2cc(C#Cc3ccc(N)cc3)ccc2-c2ccc(C#Cc3ccc(N)cc3)cc21.CN/N=C/c1ccc(OC)cc1.COc1ccc(O)cc1. The van der Waals surface area contributed by atoms with Gasteiger partial charge in [-0.25, -0.2) is 0 Å². The summed E-state index contributed by atoms with van der Waals surface area (Å²) < 4.78 is 9.87. The highest BCUT2D eigenvalue weighted by atomic mass is 16.5. The Morgan fingerprint density at radius 3 is 1.30 bits per heavy atom. The molecule has 0 aliphatic heterocycles. The quantitative estimate of drug-likeness (QED) is 0.0497. The number of fused-ring (bicyclic) bond motifs is 3. The Hall–Kier alpha value is -7.09. The molecule has 67 heavy (non-hydrogen) atoms. The van der Waals surface area contributed by atoms with Gasteiger partial charge in [-0.3, -0.25) is 0 Å².